The highest BCUT2D eigenvalue weighted by atomic mass is 19.1. The molecule has 0 aromatic carbocycles. The molecule has 1 saturated carbocycles. The van der Waals surface area contributed by atoms with E-state index in [4.69, 9.17) is 0 Å². The minimum atomic E-state index is -0.999. The Morgan fingerprint density at radius 2 is 1.97 bits per heavy atom. The number of alkyl halides is 1. The molecular weight excluding hydrogens is 387 g/mol. The summed E-state index contributed by atoms with van der Waals surface area (Å²) in [5, 5.41) is 8.66. The van der Waals surface area contributed by atoms with Crippen molar-refractivity contribution < 1.29 is 14.0 Å². The normalized spacial score (nSPS) is 23.7. The Bertz CT molecular complexity index is 938. The third-order valence-electron chi connectivity index (χ3n) is 6.01. The third kappa shape index (κ3) is 3.97. The molecule has 2 aromatic rings. The van der Waals surface area contributed by atoms with Crippen LogP contribution in [0.3, 0.4) is 0 Å². The largest absolute Gasteiger partial charge is 0.336 e. The van der Waals surface area contributed by atoms with Crippen LogP contribution in [0.15, 0.2) is 18.6 Å². The summed E-state index contributed by atoms with van der Waals surface area (Å²) in [6, 6.07) is -0.0681. The lowest BCUT2D eigenvalue weighted by Gasteiger charge is -2.41. The summed E-state index contributed by atoms with van der Waals surface area (Å²) in [5.41, 5.74) is 1.93. The van der Waals surface area contributed by atoms with Crippen LogP contribution >= 0.6 is 0 Å². The molecule has 2 fully saturated rings. The van der Waals surface area contributed by atoms with Gasteiger partial charge < -0.3 is 9.80 Å². The fraction of sp³-hybridized carbons (Fsp3) is 0.619. The van der Waals surface area contributed by atoms with Gasteiger partial charge in [-0.15, -0.1) is 0 Å². The maximum absolute atomic E-state index is 13.5. The average molecular weight is 417 g/mol. The standard InChI is InChI=1S/C21H29FN6O2/c1-4-5-6-15-12-27(7-8-28(15)21(30)16-9-18(16)22)20(29)17-13-26(3)24-19(17)14-10-23-25(2)11-14/h10-11,13,15-16,18H,4-9,12H2,1-3H3/t15-,16-,18+/m0/s1. The van der Waals surface area contributed by atoms with Crippen LogP contribution in [0.2, 0.25) is 0 Å². The Balaban J connectivity index is 1.53. The van der Waals surface area contributed by atoms with Gasteiger partial charge in [0, 0.05) is 57.7 Å². The fourth-order valence-electron chi connectivity index (χ4n) is 4.22. The number of carbonyl (C=O) groups is 2. The second-order valence-electron chi connectivity index (χ2n) is 8.40. The number of nitrogens with zero attached hydrogens (tertiary/aromatic N) is 6. The third-order valence-corrected chi connectivity index (χ3v) is 6.01. The Morgan fingerprint density at radius 3 is 2.60 bits per heavy atom. The van der Waals surface area contributed by atoms with Crippen molar-refractivity contribution in [1.82, 2.24) is 29.4 Å². The van der Waals surface area contributed by atoms with Crippen molar-refractivity contribution in [2.45, 2.75) is 44.8 Å². The molecule has 1 saturated heterocycles. The SMILES string of the molecule is CCCC[C@H]1CN(C(=O)c2cn(C)nc2-c2cnn(C)c2)CCN1C(=O)[C@H]1C[C@H]1F. The second-order valence-corrected chi connectivity index (χ2v) is 8.40. The smallest absolute Gasteiger partial charge is 0.257 e. The van der Waals surface area contributed by atoms with Gasteiger partial charge in [-0.25, -0.2) is 4.39 Å². The number of aromatic nitrogens is 4. The number of piperazine rings is 1. The van der Waals surface area contributed by atoms with E-state index in [9.17, 15) is 14.0 Å². The lowest BCUT2D eigenvalue weighted by atomic mass is 10.0. The van der Waals surface area contributed by atoms with Crippen LogP contribution in [0, 0.1) is 5.92 Å². The maximum Gasteiger partial charge on any atom is 0.257 e. The Morgan fingerprint density at radius 1 is 1.20 bits per heavy atom. The van der Waals surface area contributed by atoms with Gasteiger partial charge in [0.15, 0.2) is 0 Å². The molecule has 30 heavy (non-hydrogen) atoms. The molecule has 0 unspecified atom stereocenters. The summed E-state index contributed by atoms with van der Waals surface area (Å²) in [7, 11) is 3.62. The summed E-state index contributed by atoms with van der Waals surface area (Å²) < 4.78 is 16.8. The van der Waals surface area contributed by atoms with Gasteiger partial charge in [0.25, 0.3) is 5.91 Å². The van der Waals surface area contributed by atoms with E-state index in [0.717, 1.165) is 24.8 Å². The molecule has 4 rings (SSSR count). The van der Waals surface area contributed by atoms with Crippen LogP contribution < -0.4 is 0 Å². The van der Waals surface area contributed by atoms with Gasteiger partial charge in [0.05, 0.1) is 17.7 Å². The van der Waals surface area contributed by atoms with E-state index in [-0.39, 0.29) is 17.9 Å². The van der Waals surface area contributed by atoms with Crippen LogP contribution in [-0.2, 0) is 18.9 Å². The number of aryl methyl sites for hydroxylation is 2. The van der Waals surface area contributed by atoms with E-state index >= 15 is 0 Å². The van der Waals surface area contributed by atoms with Crippen molar-refractivity contribution in [2.75, 3.05) is 19.6 Å². The predicted octanol–water partition coefficient (Wildman–Crippen LogP) is 2.02. The highest BCUT2D eigenvalue weighted by Gasteiger charge is 2.47. The molecular formula is C21H29FN6O2. The van der Waals surface area contributed by atoms with Crippen molar-refractivity contribution in [3.05, 3.63) is 24.2 Å². The van der Waals surface area contributed by atoms with Crippen LogP contribution in [0.4, 0.5) is 4.39 Å². The minimum absolute atomic E-state index is 0.0681. The van der Waals surface area contributed by atoms with E-state index < -0.39 is 12.1 Å². The van der Waals surface area contributed by atoms with Gasteiger partial charge in [0.1, 0.15) is 11.9 Å². The lowest BCUT2D eigenvalue weighted by molar-refractivity contribution is -0.137. The topological polar surface area (TPSA) is 76.3 Å². The van der Waals surface area contributed by atoms with Crippen molar-refractivity contribution in [1.29, 1.82) is 0 Å². The van der Waals surface area contributed by atoms with E-state index in [1.165, 1.54) is 0 Å². The zero-order chi connectivity index (χ0) is 21.4. The van der Waals surface area contributed by atoms with Crippen LogP contribution in [0.1, 0.15) is 43.0 Å². The first-order valence-electron chi connectivity index (χ1n) is 10.7. The van der Waals surface area contributed by atoms with Gasteiger partial charge in [-0.1, -0.05) is 19.8 Å². The quantitative estimate of drug-likeness (QED) is 0.722. The molecule has 0 spiro atoms. The molecule has 3 heterocycles. The van der Waals surface area contributed by atoms with Crippen molar-refractivity contribution in [2.24, 2.45) is 20.0 Å². The molecule has 162 valence electrons. The zero-order valence-corrected chi connectivity index (χ0v) is 17.8. The highest BCUT2D eigenvalue weighted by Crippen LogP contribution is 2.37. The van der Waals surface area contributed by atoms with E-state index in [1.54, 1.807) is 33.7 Å². The Labute approximate surface area is 175 Å². The Hall–Kier alpha value is -2.71. The van der Waals surface area contributed by atoms with E-state index in [0.29, 0.717) is 37.3 Å². The van der Waals surface area contributed by atoms with E-state index in [1.807, 2.05) is 18.1 Å². The minimum Gasteiger partial charge on any atom is -0.336 e. The highest BCUT2D eigenvalue weighted by molar-refractivity contribution is 6.00. The molecule has 2 amide bonds. The first-order chi connectivity index (χ1) is 14.4. The van der Waals surface area contributed by atoms with Gasteiger partial charge in [-0.05, 0) is 12.8 Å². The molecule has 0 N–H and O–H groups in total. The monoisotopic (exact) mass is 416 g/mol. The molecule has 9 heteroatoms. The van der Waals surface area contributed by atoms with Crippen molar-refractivity contribution >= 4 is 11.8 Å². The van der Waals surface area contributed by atoms with Crippen molar-refractivity contribution in [3.63, 3.8) is 0 Å². The number of unbranched alkanes of at least 4 members (excludes halogenated alkanes) is 1. The molecule has 1 aliphatic heterocycles. The van der Waals surface area contributed by atoms with Gasteiger partial charge in [0.2, 0.25) is 5.91 Å². The summed E-state index contributed by atoms with van der Waals surface area (Å²) in [6.07, 6.45) is 7.40. The summed E-state index contributed by atoms with van der Waals surface area (Å²) >= 11 is 0. The first kappa shape index (κ1) is 20.6. The number of carbonyl (C=O) groups excluding carboxylic acids is 2. The first-order valence-corrected chi connectivity index (χ1v) is 10.7. The molecule has 2 aliphatic rings. The fourth-order valence-corrected chi connectivity index (χ4v) is 4.22. The molecule has 0 radical (unpaired) electrons. The van der Waals surface area contributed by atoms with Gasteiger partial charge in [-0.3, -0.25) is 19.0 Å². The number of rotatable bonds is 6. The van der Waals surface area contributed by atoms with E-state index in [2.05, 4.69) is 17.1 Å². The Kier molecular flexibility index (Phi) is 5.62. The maximum atomic E-state index is 13.5. The average Bonchev–Trinajstić information content (AvgIpc) is 3.10. The molecule has 1 aliphatic carbocycles. The second kappa shape index (κ2) is 8.20. The van der Waals surface area contributed by atoms with Crippen LogP contribution in [-0.4, -0.2) is 73.0 Å². The number of amides is 2. The van der Waals surface area contributed by atoms with Crippen LogP contribution in [0.5, 0.6) is 0 Å². The number of halogens is 1. The summed E-state index contributed by atoms with van der Waals surface area (Å²) in [5.74, 6) is -0.662. The lowest BCUT2D eigenvalue weighted by Crippen LogP contribution is -2.57. The number of hydrogen-bond donors (Lipinski definition) is 0. The molecule has 2 aromatic heterocycles. The number of hydrogen-bond acceptors (Lipinski definition) is 4. The summed E-state index contributed by atoms with van der Waals surface area (Å²) in [6.45, 7) is 3.46. The predicted molar refractivity (Wildman–Crippen MR) is 109 cm³/mol. The van der Waals surface area contributed by atoms with Gasteiger partial charge >= 0.3 is 0 Å². The molecule has 3 atom stereocenters. The van der Waals surface area contributed by atoms with Gasteiger partial charge in [-0.2, -0.15) is 10.2 Å². The van der Waals surface area contributed by atoms with Crippen LogP contribution in [0.25, 0.3) is 11.3 Å². The molecule has 8 nitrogen and oxygen atoms in total. The molecule has 0 bridgehead atoms. The van der Waals surface area contributed by atoms with Crippen molar-refractivity contribution in [3.8, 4) is 11.3 Å². The zero-order valence-electron chi connectivity index (χ0n) is 17.8. The summed E-state index contributed by atoms with van der Waals surface area (Å²) in [4.78, 5) is 29.7.